The third kappa shape index (κ3) is 4.42. The molecule has 1 heterocycles. The Kier molecular flexibility index (Phi) is 6.75. The molecule has 174 valence electrons. The lowest BCUT2D eigenvalue weighted by Gasteiger charge is -2.34. The van der Waals surface area contributed by atoms with Gasteiger partial charge in [-0.3, -0.25) is 9.69 Å². The van der Waals surface area contributed by atoms with Crippen molar-refractivity contribution in [3.8, 4) is 5.75 Å². The fraction of sp³-hybridized carbons (Fsp3) is 0.429. The number of aliphatic imine (C=N–C) groups is 1. The van der Waals surface area contributed by atoms with Crippen LogP contribution in [0.25, 0.3) is 0 Å². The number of halogens is 5. The van der Waals surface area contributed by atoms with E-state index in [-0.39, 0.29) is 29.5 Å². The predicted molar refractivity (Wildman–Crippen MR) is 106 cm³/mol. The smallest absolute Gasteiger partial charge is 0.387 e. The number of amides is 1. The molecule has 1 amide bonds. The molecule has 0 radical (unpaired) electrons. The molecular formula is C21H22F5N3O3. The van der Waals surface area contributed by atoms with Crippen LogP contribution in [0.3, 0.4) is 0 Å². The minimum atomic E-state index is -3.01. The van der Waals surface area contributed by atoms with Crippen LogP contribution >= 0.6 is 0 Å². The fourth-order valence-electron chi connectivity index (χ4n) is 3.78. The first kappa shape index (κ1) is 23.6. The predicted octanol–water partition coefficient (Wildman–Crippen LogP) is 3.93. The number of carbonyl (C=O) groups is 1. The van der Waals surface area contributed by atoms with Crippen LogP contribution in [-0.4, -0.2) is 43.5 Å². The summed E-state index contributed by atoms with van der Waals surface area (Å²) in [7, 11) is 1.42. The summed E-state index contributed by atoms with van der Waals surface area (Å²) in [5.41, 5.74) is 4.97. The molecule has 0 bridgehead atoms. The second-order valence-corrected chi connectivity index (χ2v) is 7.47. The molecule has 0 saturated carbocycles. The van der Waals surface area contributed by atoms with Gasteiger partial charge in [0.05, 0.1) is 6.61 Å². The van der Waals surface area contributed by atoms with Gasteiger partial charge in [-0.1, -0.05) is 12.1 Å². The van der Waals surface area contributed by atoms with Gasteiger partial charge in [0.15, 0.2) is 23.1 Å². The normalized spacial score (nSPS) is 23.4. The van der Waals surface area contributed by atoms with E-state index in [0.29, 0.717) is 5.57 Å². The van der Waals surface area contributed by atoms with E-state index in [9.17, 15) is 26.7 Å². The van der Waals surface area contributed by atoms with Crippen molar-refractivity contribution >= 4 is 11.9 Å². The maximum Gasteiger partial charge on any atom is 0.387 e. The second kappa shape index (κ2) is 9.17. The molecule has 0 spiro atoms. The van der Waals surface area contributed by atoms with Gasteiger partial charge in [0, 0.05) is 19.4 Å². The molecule has 1 aromatic rings. The highest BCUT2D eigenvalue weighted by Crippen LogP contribution is 2.46. The second-order valence-electron chi connectivity index (χ2n) is 7.47. The van der Waals surface area contributed by atoms with E-state index in [2.05, 4.69) is 9.73 Å². The lowest BCUT2D eigenvalue weighted by Crippen LogP contribution is -2.45. The fourth-order valence-corrected chi connectivity index (χ4v) is 3.78. The number of benzene rings is 1. The molecule has 2 atom stereocenters. The molecular weight excluding hydrogens is 437 g/mol. The number of likely N-dealkylation sites (N-methyl/N-ethyl adjacent to an activating group) is 1. The Morgan fingerprint density at radius 2 is 2.03 bits per heavy atom. The Morgan fingerprint density at radius 3 is 2.59 bits per heavy atom. The lowest BCUT2D eigenvalue weighted by molar-refractivity contribution is -0.132. The molecule has 3 rings (SSSR count). The lowest BCUT2D eigenvalue weighted by atomic mass is 9.73. The molecule has 0 aromatic heterocycles. The number of rotatable bonds is 8. The van der Waals surface area contributed by atoms with Crippen molar-refractivity contribution < 1.29 is 36.2 Å². The molecule has 0 saturated heterocycles. The topological polar surface area (TPSA) is 77.2 Å². The number of carbonyl (C=O) groups excluding carboxylic acids is 1. The van der Waals surface area contributed by atoms with E-state index < -0.39 is 49.2 Å². The number of hydrogen-bond acceptors (Lipinski definition) is 5. The van der Waals surface area contributed by atoms with Gasteiger partial charge in [-0.25, -0.2) is 18.2 Å². The zero-order valence-corrected chi connectivity index (χ0v) is 17.3. The number of guanidine groups is 1. The molecule has 1 unspecified atom stereocenters. The quantitative estimate of drug-likeness (QED) is 0.598. The van der Waals surface area contributed by atoms with Gasteiger partial charge < -0.3 is 15.2 Å². The zero-order chi connectivity index (χ0) is 23.6. The van der Waals surface area contributed by atoms with E-state index in [1.165, 1.54) is 31.3 Å². The van der Waals surface area contributed by atoms with Gasteiger partial charge in [-0.15, -0.1) is 0 Å². The van der Waals surface area contributed by atoms with Crippen molar-refractivity contribution in [1.29, 1.82) is 0 Å². The summed E-state index contributed by atoms with van der Waals surface area (Å²) in [6.07, 6.45) is -0.233. The first-order valence-corrected chi connectivity index (χ1v) is 9.73. The molecule has 1 aromatic carbocycles. The highest BCUT2D eigenvalue weighted by atomic mass is 19.3. The van der Waals surface area contributed by atoms with Crippen molar-refractivity contribution in [1.82, 2.24) is 4.90 Å². The Morgan fingerprint density at radius 1 is 1.31 bits per heavy atom. The van der Waals surface area contributed by atoms with Crippen LogP contribution in [0.2, 0.25) is 0 Å². The SMILES string of the molecule is CC1=C(OC(F)F)C=CC([C@]2(c3ccc(F)c(OCCC(F)F)c3)N=C(N)N(C)C2=O)C1. The average Bonchev–Trinajstić information content (AvgIpc) is 2.95. The minimum absolute atomic E-state index is 0.0164. The minimum Gasteiger partial charge on any atom is -0.490 e. The monoisotopic (exact) mass is 459 g/mol. The molecule has 2 aliphatic rings. The van der Waals surface area contributed by atoms with Crippen molar-refractivity contribution in [3.63, 3.8) is 0 Å². The number of nitrogens with two attached hydrogens (primary N) is 1. The number of ether oxygens (including phenoxy) is 2. The molecule has 6 nitrogen and oxygen atoms in total. The third-order valence-electron chi connectivity index (χ3n) is 5.41. The van der Waals surface area contributed by atoms with Crippen molar-refractivity contribution in [2.45, 2.75) is 38.3 Å². The molecule has 1 aliphatic carbocycles. The van der Waals surface area contributed by atoms with E-state index in [1.54, 1.807) is 6.92 Å². The highest BCUT2D eigenvalue weighted by molar-refractivity contribution is 6.07. The molecule has 0 fully saturated rings. The maximum absolute atomic E-state index is 14.3. The van der Waals surface area contributed by atoms with Crippen LogP contribution in [0.5, 0.6) is 5.75 Å². The summed E-state index contributed by atoms with van der Waals surface area (Å²) in [6, 6.07) is 3.61. The summed E-state index contributed by atoms with van der Waals surface area (Å²) in [6.45, 7) is -1.85. The van der Waals surface area contributed by atoms with E-state index in [4.69, 9.17) is 10.5 Å². The Balaban J connectivity index is 2.02. The Labute approximate surface area is 181 Å². The van der Waals surface area contributed by atoms with Crippen molar-refractivity contribution in [2.75, 3.05) is 13.7 Å². The van der Waals surface area contributed by atoms with Gasteiger partial charge in [-0.2, -0.15) is 8.78 Å². The van der Waals surface area contributed by atoms with Crippen LogP contribution in [-0.2, 0) is 15.1 Å². The van der Waals surface area contributed by atoms with Crippen LogP contribution in [0.4, 0.5) is 22.0 Å². The van der Waals surface area contributed by atoms with Gasteiger partial charge in [0.25, 0.3) is 5.91 Å². The van der Waals surface area contributed by atoms with Crippen LogP contribution in [0.1, 0.15) is 25.3 Å². The standard InChI is InChI=1S/C21H22F5N3O3/c1-11-9-12(4-6-15(11)32-19(25)26)21(18(30)29(2)20(27)28-21)13-3-5-14(22)16(10-13)31-8-7-17(23)24/h3-6,10,12,17,19H,7-9H2,1-2H3,(H2,27,28)/t12?,21-/m1/s1. The van der Waals surface area contributed by atoms with Gasteiger partial charge in [-0.05, 0) is 42.7 Å². The first-order chi connectivity index (χ1) is 15.1. The molecule has 32 heavy (non-hydrogen) atoms. The van der Waals surface area contributed by atoms with E-state index >= 15 is 0 Å². The molecule has 1 aliphatic heterocycles. The summed E-state index contributed by atoms with van der Waals surface area (Å²) in [5.74, 6) is -2.38. The Hall–Kier alpha value is -3.11. The summed E-state index contributed by atoms with van der Waals surface area (Å²) >= 11 is 0. The van der Waals surface area contributed by atoms with Crippen molar-refractivity contribution in [2.24, 2.45) is 16.6 Å². The zero-order valence-electron chi connectivity index (χ0n) is 17.3. The largest absolute Gasteiger partial charge is 0.490 e. The van der Waals surface area contributed by atoms with Gasteiger partial charge >= 0.3 is 6.61 Å². The highest BCUT2D eigenvalue weighted by Gasteiger charge is 2.53. The summed E-state index contributed by atoms with van der Waals surface area (Å²) in [4.78, 5) is 18.8. The Bertz CT molecular complexity index is 979. The summed E-state index contributed by atoms with van der Waals surface area (Å²) < 4.78 is 74.1. The van der Waals surface area contributed by atoms with E-state index in [1.807, 2.05) is 0 Å². The summed E-state index contributed by atoms with van der Waals surface area (Å²) in [5, 5.41) is 0. The van der Waals surface area contributed by atoms with Crippen LogP contribution in [0, 0.1) is 11.7 Å². The van der Waals surface area contributed by atoms with Gasteiger partial charge in [0.2, 0.25) is 6.43 Å². The first-order valence-electron chi connectivity index (χ1n) is 9.73. The third-order valence-corrected chi connectivity index (χ3v) is 5.41. The average molecular weight is 459 g/mol. The van der Waals surface area contributed by atoms with Gasteiger partial charge in [0.1, 0.15) is 5.76 Å². The number of hydrogen-bond donors (Lipinski definition) is 1. The van der Waals surface area contributed by atoms with Crippen LogP contribution in [0.15, 0.2) is 46.7 Å². The molecule has 2 N–H and O–H groups in total. The van der Waals surface area contributed by atoms with E-state index in [0.717, 1.165) is 11.0 Å². The number of nitrogens with zero attached hydrogens (tertiary/aromatic N) is 2. The van der Waals surface area contributed by atoms with Crippen LogP contribution < -0.4 is 10.5 Å². The molecule has 11 heteroatoms. The number of alkyl halides is 4. The van der Waals surface area contributed by atoms with Crippen molar-refractivity contribution in [3.05, 3.63) is 53.1 Å². The maximum atomic E-state index is 14.3. The number of allylic oxidation sites excluding steroid dienone is 2.